The van der Waals surface area contributed by atoms with Crippen molar-refractivity contribution in [2.24, 2.45) is 11.3 Å². The van der Waals surface area contributed by atoms with E-state index in [0.29, 0.717) is 6.42 Å². The van der Waals surface area contributed by atoms with Gasteiger partial charge in [-0.2, -0.15) is 0 Å². The summed E-state index contributed by atoms with van der Waals surface area (Å²) >= 11 is 0. The van der Waals surface area contributed by atoms with E-state index in [1.165, 1.54) is 0 Å². The molecule has 0 amide bonds. The minimum absolute atomic E-state index is 0.162. The van der Waals surface area contributed by atoms with E-state index in [-0.39, 0.29) is 18.3 Å². The number of cyclic esters (lactones) is 1. The summed E-state index contributed by atoms with van der Waals surface area (Å²) in [5.74, 6) is -3.56. The van der Waals surface area contributed by atoms with Crippen molar-refractivity contribution in [2.45, 2.75) is 58.4 Å². The van der Waals surface area contributed by atoms with Gasteiger partial charge < -0.3 is 9.47 Å². The van der Waals surface area contributed by atoms with Crippen LogP contribution in [-0.4, -0.2) is 24.3 Å². The fourth-order valence-corrected chi connectivity index (χ4v) is 2.32. The Bertz CT molecular complexity index is 322. The lowest BCUT2D eigenvalue weighted by atomic mass is 9.96. The Kier molecular flexibility index (Phi) is 2.92. The molecule has 0 bridgehead atoms. The average Bonchev–Trinajstić information content (AvgIpc) is 2.68. The fraction of sp³-hybridized carbons (Fsp3) is 0.917. The van der Waals surface area contributed by atoms with E-state index in [0.717, 1.165) is 0 Å². The Morgan fingerprint density at radius 1 is 1.35 bits per heavy atom. The normalized spacial score (nSPS) is 37.2. The lowest BCUT2D eigenvalue weighted by Crippen LogP contribution is -2.29. The van der Waals surface area contributed by atoms with Gasteiger partial charge in [-0.1, -0.05) is 20.8 Å². The minimum Gasteiger partial charge on any atom is -0.433 e. The van der Waals surface area contributed by atoms with Gasteiger partial charge in [-0.3, -0.25) is 0 Å². The monoisotopic (exact) mass is 248 g/mol. The van der Waals surface area contributed by atoms with E-state index < -0.39 is 30.2 Å². The molecule has 2 aliphatic rings. The number of halogens is 2. The molecule has 1 aliphatic heterocycles. The smallest absolute Gasteiger partial charge is 0.338 e. The molecule has 1 heterocycles. The average molecular weight is 248 g/mol. The number of hydrogen-bond donors (Lipinski definition) is 0. The number of esters is 1. The summed E-state index contributed by atoms with van der Waals surface area (Å²) < 4.78 is 36.8. The van der Waals surface area contributed by atoms with Crippen molar-refractivity contribution in [3.63, 3.8) is 0 Å². The molecule has 2 fully saturated rings. The van der Waals surface area contributed by atoms with Crippen LogP contribution in [0.3, 0.4) is 0 Å². The van der Waals surface area contributed by atoms with Gasteiger partial charge in [-0.25, -0.2) is 13.6 Å². The Balaban J connectivity index is 2.02. The van der Waals surface area contributed by atoms with Gasteiger partial charge in [0.1, 0.15) is 0 Å². The highest BCUT2D eigenvalue weighted by atomic mass is 19.3. The number of carbonyl (C=O) groups is 1. The quantitative estimate of drug-likeness (QED) is 0.669. The van der Waals surface area contributed by atoms with Crippen molar-refractivity contribution < 1.29 is 23.0 Å². The SMILES string of the molecule is CC(C)(C)[C@H]1OC(=O)[C@@H]([C@@H]2CCC(F)(F)C2)O1. The van der Waals surface area contributed by atoms with Crippen LogP contribution in [0.1, 0.15) is 40.0 Å². The summed E-state index contributed by atoms with van der Waals surface area (Å²) in [4.78, 5) is 11.6. The molecule has 1 saturated carbocycles. The van der Waals surface area contributed by atoms with Crippen molar-refractivity contribution in [1.82, 2.24) is 0 Å². The van der Waals surface area contributed by atoms with Crippen LogP contribution in [0.5, 0.6) is 0 Å². The molecule has 1 saturated heterocycles. The van der Waals surface area contributed by atoms with Crippen molar-refractivity contribution >= 4 is 5.97 Å². The molecule has 98 valence electrons. The van der Waals surface area contributed by atoms with E-state index >= 15 is 0 Å². The molecule has 17 heavy (non-hydrogen) atoms. The number of carbonyl (C=O) groups excluding carboxylic acids is 1. The van der Waals surface area contributed by atoms with Crippen LogP contribution >= 0.6 is 0 Å². The molecule has 0 N–H and O–H groups in total. The Morgan fingerprint density at radius 2 is 2.00 bits per heavy atom. The number of ether oxygens (including phenoxy) is 2. The maximum atomic E-state index is 13.1. The van der Waals surface area contributed by atoms with E-state index in [1.807, 2.05) is 20.8 Å². The van der Waals surface area contributed by atoms with Gasteiger partial charge in [-0.15, -0.1) is 0 Å². The van der Waals surface area contributed by atoms with Crippen LogP contribution in [-0.2, 0) is 14.3 Å². The second kappa shape index (κ2) is 3.90. The largest absolute Gasteiger partial charge is 0.433 e. The zero-order chi connectivity index (χ0) is 12.8. The topological polar surface area (TPSA) is 35.5 Å². The molecule has 1 aliphatic carbocycles. The first-order valence-corrected chi connectivity index (χ1v) is 5.93. The van der Waals surface area contributed by atoms with Crippen LogP contribution in [0.15, 0.2) is 0 Å². The summed E-state index contributed by atoms with van der Waals surface area (Å²) in [6.45, 7) is 5.66. The van der Waals surface area contributed by atoms with Gasteiger partial charge in [-0.05, 0) is 6.42 Å². The molecule has 5 heteroatoms. The molecule has 3 atom stereocenters. The van der Waals surface area contributed by atoms with E-state index in [2.05, 4.69) is 0 Å². The lowest BCUT2D eigenvalue weighted by Gasteiger charge is -2.24. The van der Waals surface area contributed by atoms with E-state index in [9.17, 15) is 13.6 Å². The zero-order valence-corrected chi connectivity index (χ0v) is 10.3. The maximum Gasteiger partial charge on any atom is 0.338 e. The summed E-state index contributed by atoms with van der Waals surface area (Å²) in [5.41, 5.74) is -0.328. The highest BCUT2D eigenvalue weighted by Gasteiger charge is 2.51. The number of alkyl halides is 2. The van der Waals surface area contributed by atoms with Gasteiger partial charge in [0, 0.05) is 24.2 Å². The maximum absolute atomic E-state index is 13.1. The molecule has 0 radical (unpaired) electrons. The number of rotatable bonds is 1. The van der Waals surface area contributed by atoms with Gasteiger partial charge in [0.2, 0.25) is 12.2 Å². The predicted octanol–water partition coefficient (Wildman–Crippen LogP) is 2.74. The Labute approximate surface area is 99.5 Å². The van der Waals surface area contributed by atoms with Crippen LogP contribution < -0.4 is 0 Å². The molecule has 0 aromatic carbocycles. The third-order valence-corrected chi connectivity index (χ3v) is 3.30. The standard InChI is InChI=1S/C12H18F2O3/c1-11(2,3)10-16-8(9(15)17-10)7-4-5-12(13,14)6-7/h7-8,10H,4-6H2,1-3H3/t7-,8-,10-/m1/s1. The van der Waals surface area contributed by atoms with Crippen LogP contribution in [0.25, 0.3) is 0 Å². The Hall–Kier alpha value is -0.710. The molecule has 0 aromatic heterocycles. The first kappa shape index (κ1) is 12.7. The first-order valence-electron chi connectivity index (χ1n) is 5.93. The lowest BCUT2D eigenvalue weighted by molar-refractivity contribution is -0.154. The fourth-order valence-electron chi connectivity index (χ4n) is 2.32. The highest BCUT2D eigenvalue weighted by Crippen LogP contribution is 2.44. The summed E-state index contributed by atoms with van der Waals surface area (Å²) in [6.07, 6.45) is -1.56. The van der Waals surface area contributed by atoms with Crippen molar-refractivity contribution in [2.75, 3.05) is 0 Å². The van der Waals surface area contributed by atoms with Crippen LogP contribution in [0.4, 0.5) is 8.78 Å². The summed E-state index contributed by atoms with van der Waals surface area (Å²) in [6, 6.07) is 0. The second-order valence-electron chi connectivity index (χ2n) is 6.05. The zero-order valence-electron chi connectivity index (χ0n) is 10.3. The molecular weight excluding hydrogens is 230 g/mol. The second-order valence-corrected chi connectivity index (χ2v) is 6.05. The molecule has 2 rings (SSSR count). The van der Waals surface area contributed by atoms with Crippen molar-refractivity contribution in [1.29, 1.82) is 0 Å². The third-order valence-electron chi connectivity index (χ3n) is 3.30. The van der Waals surface area contributed by atoms with E-state index in [4.69, 9.17) is 9.47 Å². The molecule has 0 unspecified atom stereocenters. The van der Waals surface area contributed by atoms with Crippen molar-refractivity contribution in [3.8, 4) is 0 Å². The molecule has 0 spiro atoms. The highest BCUT2D eigenvalue weighted by molar-refractivity contribution is 5.76. The molecular formula is C12H18F2O3. The number of hydrogen-bond acceptors (Lipinski definition) is 3. The van der Waals surface area contributed by atoms with Crippen molar-refractivity contribution in [3.05, 3.63) is 0 Å². The first-order chi connectivity index (χ1) is 7.69. The van der Waals surface area contributed by atoms with Gasteiger partial charge in [0.15, 0.2) is 6.10 Å². The predicted molar refractivity (Wildman–Crippen MR) is 56.5 cm³/mol. The Morgan fingerprint density at radius 3 is 2.41 bits per heavy atom. The van der Waals surface area contributed by atoms with Crippen LogP contribution in [0, 0.1) is 11.3 Å². The van der Waals surface area contributed by atoms with Crippen LogP contribution in [0.2, 0.25) is 0 Å². The van der Waals surface area contributed by atoms with E-state index in [1.54, 1.807) is 0 Å². The summed E-state index contributed by atoms with van der Waals surface area (Å²) in [5, 5.41) is 0. The molecule has 0 aromatic rings. The summed E-state index contributed by atoms with van der Waals surface area (Å²) in [7, 11) is 0. The molecule has 3 nitrogen and oxygen atoms in total. The minimum atomic E-state index is -2.66. The van der Waals surface area contributed by atoms with Gasteiger partial charge in [0.05, 0.1) is 0 Å². The third kappa shape index (κ3) is 2.59. The van der Waals surface area contributed by atoms with Gasteiger partial charge >= 0.3 is 5.97 Å². The van der Waals surface area contributed by atoms with Gasteiger partial charge in [0.25, 0.3) is 0 Å².